The average Bonchev–Trinajstić information content (AvgIpc) is 2.32. The molecule has 0 atom stereocenters. The van der Waals surface area contributed by atoms with Gasteiger partial charge in [0.2, 0.25) is 5.91 Å². The van der Waals surface area contributed by atoms with Gasteiger partial charge in [-0.25, -0.2) is 0 Å². The van der Waals surface area contributed by atoms with E-state index in [0.717, 1.165) is 6.54 Å². The number of benzene rings is 1. The Kier molecular flexibility index (Phi) is 3.34. The summed E-state index contributed by atoms with van der Waals surface area (Å²) in [7, 11) is 0. The summed E-state index contributed by atoms with van der Waals surface area (Å²) in [6.45, 7) is 1.93. The van der Waals surface area contributed by atoms with Crippen molar-refractivity contribution < 1.29 is 9.72 Å². The van der Waals surface area contributed by atoms with Gasteiger partial charge in [0.25, 0.3) is 5.69 Å². The van der Waals surface area contributed by atoms with E-state index < -0.39 is 4.92 Å². The van der Waals surface area contributed by atoms with Gasteiger partial charge in [0.1, 0.15) is 0 Å². The van der Waals surface area contributed by atoms with E-state index in [1.54, 1.807) is 23.1 Å². The van der Waals surface area contributed by atoms with Crippen molar-refractivity contribution in [2.24, 2.45) is 0 Å². The second kappa shape index (κ2) is 4.92. The van der Waals surface area contributed by atoms with Gasteiger partial charge in [0, 0.05) is 24.7 Å². The van der Waals surface area contributed by atoms with Crippen LogP contribution in [0.3, 0.4) is 0 Å². The van der Waals surface area contributed by atoms with Gasteiger partial charge in [-0.3, -0.25) is 14.9 Å². The molecule has 0 bridgehead atoms. The lowest BCUT2D eigenvalue weighted by Crippen LogP contribution is -2.47. The summed E-state index contributed by atoms with van der Waals surface area (Å²) in [5.41, 5.74) is 0.645. The van der Waals surface area contributed by atoms with Crippen LogP contribution in [-0.2, 0) is 11.3 Å². The molecule has 1 saturated heterocycles. The van der Waals surface area contributed by atoms with Crippen molar-refractivity contribution in [3.05, 3.63) is 39.9 Å². The predicted octanol–water partition coefficient (Wildman–Crippen LogP) is 0.527. The number of carbonyl (C=O) groups is 1. The fraction of sp³-hybridized carbons (Fsp3) is 0.364. The largest absolute Gasteiger partial charge is 0.336 e. The molecule has 0 radical (unpaired) electrons. The lowest BCUT2D eigenvalue weighted by atomic mass is 10.1. The molecule has 0 saturated carbocycles. The van der Waals surface area contributed by atoms with Crippen LogP contribution in [0.15, 0.2) is 24.3 Å². The Bertz CT molecular complexity index is 447. The van der Waals surface area contributed by atoms with Gasteiger partial charge in [0.05, 0.1) is 18.0 Å². The van der Waals surface area contributed by atoms with Gasteiger partial charge >= 0.3 is 0 Å². The number of hydrogen-bond donors (Lipinski definition) is 1. The van der Waals surface area contributed by atoms with Crippen molar-refractivity contribution in [1.29, 1.82) is 0 Å². The number of nitrogens with zero attached hydrogens (tertiary/aromatic N) is 2. The number of para-hydroxylation sites is 1. The van der Waals surface area contributed by atoms with E-state index in [2.05, 4.69) is 5.32 Å². The Morgan fingerprint density at radius 1 is 1.41 bits per heavy atom. The van der Waals surface area contributed by atoms with Crippen molar-refractivity contribution >= 4 is 11.6 Å². The number of carbonyl (C=O) groups excluding carboxylic acids is 1. The number of amides is 1. The van der Waals surface area contributed by atoms with Crippen LogP contribution < -0.4 is 5.32 Å². The first kappa shape index (κ1) is 11.5. The van der Waals surface area contributed by atoms with E-state index in [0.29, 0.717) is 25.2 Å². The smallest absolute Gasteiger partial charge is 0.274 e. The molecule has 1 heterocycles. The maximum Gasteiger partial charge on any atom is 0.274 e. The average molecular weight is 235 g/mol. The standard InChI is InChI=1S/C11H13N3O3/c15-11-7-12-5-6-13(11)8-9-3-1-2-4-10(9)14(16)17/h1-4,12H,5-8H2. The highest BCUT2D eigenvalue weighted by atomic mass is 16.6. The molecule has 90 valence electrons. The Morgan fingerprint density at radius 3 is 2.88 bits per heavy atom. The van der Waals surface area contributed by atoms with Crippen LogP contribution in [0, 0.1) is 10.1 Å². The third-order valence-electron chi connectivity index (χ3n) is 2.74. The Hall–Kier alpha value is -1.95. The Labute approximate surface area is 98.4 Å². The summed E-state index contributed by atoms with van der Waals surface area (Å²) in [5, 5.41) is 13.8. The normalized spacial score (nSPS) is 16.0. The van der Waals surface area contributed by atoms with E-state index in [9.17, 15) is 14.9 Å². The SMILES string of the molecule is O=C1CNCCN1Cc1ccccc1[N+](=O)[O-]. The first-order valence-electron chi connectivity index (χ1n) is 5.39. The minimum absolute atomic E-state index is 0.0191. The third-order valence-corrected chi connectivity index (χ3v) is 2.74. The zero-order valence-corrected chi connectivity index (χ0v) is 9.26. The summed E-state index contributed by atoms with van der Waals surface area (Å²) in [6, 6.07) is 6.52. The minimum Gasteiger partial charge on any atom is -0.336 e. The van der Waals surface area contributed by atoms with E-state index in [1.165, 1.54) is 6.07 Å². The van der Waals surface area contributed by atoms with Gasteiger partial charge in [0.15, 0.2) is 0 Å². The van der Waals surface area contributed by atoms with Crippen LogP contribution in [0.1, 0.15) is 5.56 Å². The highest BCUT2D eigenvalue weighted by Crippen LogP contribution is 2.19. The molecule has 1 aromatic carbocycles. The van der Waals surface area contributed by atoms with Crippen LogP contribution in [0.5, 0.6) is 0 Å². The molecule has 1 aliphatic heterocycles. The summed E-state index contributed by atoms with van der Waals surface area (Å²) >= 11 is 0. The predicted molar refractivity (Wildman–Crippen MR) is 61.4 cm³/mol. The molecule has 6 nitrogen and oxygen atoms in total. The summed E-state index contributed by atoms with van der Waals surface area (Å²) in [6.07, 6.45) is 0. The quantitative estimate of drug-likeness (QED) is 0.612. The van der Waals surface area contributed by atoms with Crippen molar-refractivity contribution in [3.63, 3.8) is 0 Å². The number of nitro groups is 1. The molecule has 6 heteroatoms. The number of hydrogen-bond acceptors (Lipinski definition) is 4. The number of nitro benzene ring substituents is 1. The molecule has 0 spiro atoms. The van der Waals surface area contributed by atoms with Gasteiger partial charge in [-0.1, -0.05) is 18.2 Å². The Balaban J connectivity index is 2.17. The van der Waals surface area contributed by atoms with Crippen LogP contribution in [-0.4, -0.2) is 35.4 Å². The number of nitrogens with one attached hydrogen (secondary N) is 1. The first-order chi connectivity index (χ1) is 8.18. The molecule has 0 aromatic heterocycles. The third kappa shape index (κ3) is 2.59. The fourth-order valence-electron chi connectivity index (χ4n) is 1.84. The Morgan fingerprint density at radius 2 is 2.18 bits per heavy atom. The lowest BCUT2D eigenvalue weighted by molar-refractivity contribution is -0.385. The molecule has 1 amide bonds. The highest BCUT2D eigenvalue weighted by Gasteiger charge is 2.21. The van der Waals surface area contributed by atoms with Crippen LogP contribution in [0.2, 0.25) is 0 Å². The molecule has 1 aliphatic rings. The topological polar surface area (TPSA) is 75.5 Å². The maximum absolute atomic E-state index is 11.6. The number of rotatable bonds is 3. The highest BCUT2D eigenvalue weighted by molar-refractivity contribution is 5.79. The molecule has 2 rings (SSSR count). The zero-order chi connectivity index (χ0) is 12.3. The monoisotopic (exact) mass is 235 g/mol. The molecule has 1 aromatic rings. The van der Waals surface area contributed by atoms with Crippen molar-refractivity contribution in [1.82, 2.24) is 10.2 Å². The van der Waals surface area contributed by atoms with E-state index in [1.807, 2.05) is 0 Å². The van der Waals surface area contributed by atoms with E-state index >= 15 is 0 Å². The first-order valence-corrected chi connectivity index (χ1v) is 5.39. The van der Waals surface area contributed by atoms with Gasteiger partial charge < -0.3 is 10.2 Å². The summed E-state index contributed by atoms with van der Waals surface area (Å²) in [5.74, 6) is -0.0191. The van der Waals surface area contributed by atoms with E-state index in [-0.39, 0.29) is 11.6 Å². The second-order valence-corrected chi connectivity index (χ2v) is 3.88. The van der Waals surface area contributed by atoms with Crippen molar-refractivity contribution in [2.45, 2.75) is 6.54 Å². The molecule has 17 heavy (non-hydrogen) atoms. The van der Waals surface area contributed by atoms with Gasteiger partial charge in [-0.15, -0.1) is 0 Å². The lowest BCUT2D eigenvalue weighted by Gasteiger charge is -2.27. The molecule has 1 N–H and O–H groups in total. The molecular formula is C11H13N3O3. The van der Waals surface area contributed by atoms with Crippen LogP contribution in [0.4, 0.5) is 5.69 Å². The van der Waals surface area contributed by atoms with Crippen molar-refractivity contribution in [2.75, 3.05) is 19.6 Å². The van der Waals surface area contributed by atoms with Crippen LogP contribution >= 0.6 is 0 Å². The van der Waals surface area contributed by atoms with Gasteiger partial charge in [-0.05, 0) is 0 Å². The molecular weight excluding hydrogens is 222 g/mol. The second-order valence-electron chi connectivity index (χ2n) is 3.88. The fourth-order valence-corrected chi connectivity index (χ4v) is 1.84. The van der Waals surface area contributed by atoms with Gasteiger partial charge in [-0.2, -0.15) is 0 Å². The van der Waals surface area contributed by atoms with E-state index in [4.69, 9.17) is 0 Å². The number of piperazine rings is 1. The molecule has 0 aliphatic carbocycles. The summed E-state index contributed by atoms with van der Waals surface area (Å²) in [4.78, 5) is 23.6. The van der Waals surface area contributed by atoms with Crippen LogP contribution in [0.25, 0.3) is 0 Å². The van der Waals surface area contributed by atoms with Crippen molar-refractivity contribution in [3.8, 4) is 0 Å². The summed E-state index contributed by atoms with van der Waals surface area (Å²) < 4.78 is 0. The zero-order valence-electron chi connectivity index (χ0n) is 9.26. The maximum atomic E-state index is 11.6. The molecule has 0 unspecified atom stereocenters. The molecule has 1 fully saturated rings. The minimum atomic E-state index is -0.415.